The van der Waals surface area contributed by atoms with Crippen LogP contribution in [0, 0.1) is 23.2 Å². The molecule has 5 aliphatic rings. The highest BCUT2D eigenvalue weighted by molar-refractivity contribution is 5.88. The first-order valence-electron chi connectivity index (χ1n) is 10.7. The summed E-state index contributed by atoms with van der Waals surface area (Å²) in [7, 11) is 0. The highest BCUT2D eigenvalue weighted by Crippen LogP contribution is 2.60. The molecular formula is C21H29N5O2. The molecule has 7 heteroatoms. The number of carbonyl (C=O) groups excluding carboxylic acids is 2. The van der Waals surface area contributed by atoms with Gasteiger partial charge in [0.05, 0.1) is 6.54 Å². The molecule has 28 heavy (non-hydrogen) atoms. The summed E-state index contributed by atoms with van der Waals surface area (Å²) in [6.45, 7) is 2.86. The van der Waals surface area contributed by atoms with Crippen LogP contribution in [-0.4, -0.2) is 59.4 Å². The summed E-state index contributed by atoms with van der Waals surface area (Å²) in [6.07, 6.45) is 10.5. The predicted octanol–water partition coefficient (Wildman–Crippen LogP) is 1.46. The number of rotatable bonds is 4. The Kier molecular flexibility index (Phi) is 4.48. The Morgan fingerprint density at radius 1 is 0.964 bits per heavy atom. The molecular weight excluding hydrogens is 354 g/mol. The van der Waals surface area contributed by atoms with Gasteiger partial charge in [0.1, 0.15) is 0 Å². The lowest BCUT2D eigenvalue weighted by atomic mass is 9.49. The maximum atomic E-state index is 13.0. The van der Waals surface area contributed by atoms with Crippen molar-refractivity contribution >= 4 is 17.8 Å². The zero-order valence-electron chi connectivity index (χ0n) is 16.3. The molecule has 2 heterocycles. The first-order chi connectivity index (χ1) is 13.6. The fraction of sp³-hybridized carbons (Fsp3) is 0.714. The summed E-state index contributed by atoms with van der Waals surface area (Å²) in [5.74, 6) is 3.08. The second kappa shape index (κ2) is 7.01. The predicted molar refractivity (Wildman–Crippen MR) is 104 cm³/mol. The smallest absolute Gasteiger partial charge is 0.242 e. The van der Waals surface area contributed by atoms with Crippen molar-refractivity contribution in [2.24, 2.45) is 23.2 Å². The van der Waals surface area contributed by atoms with E-state index in [1.807, 2.05) is 4.90 Å². The number of amides is 2. The summed E-state index contributed by atoms with van der Waals surface area (Å²) in [5, 5.41) is 3.01. The highest BCUT2D eigenvalue weighted by Gasteiger charge is 2.54. The minimum Gasteiger partial charge on any atom is -0.347 e. The Labute approximate surface area is 165 Å². The maximum absolute atomic E-state index is 13.0. The van der Waals surface area contributed by atoms with E-state index >= 15 is 0 Å². The Morgan fingerprint density at radius 3 is 2.11 bits per heavy atom. The summed E-state index contributed by atoms with van der Waals surface area (Å²) in [5.41, 5.74) is -0.182. The lowest BCUT2D eigenvalue weighted by Crippen LogP contribution is -2.56. The van der Waals surface area contributed by atoms with E-state index in [1.54, 1.807) is 18.5 Å². The first kappa shape index (κ1) is 17.9. The molecule has 0 aromatic carbocycles. The van der Waals surface area contributed by atoms with E-state index in [2.05, 4.69) is 20.2 Å². The van der Waals surface area contributed by atoms with Gasteiger partial charge in [0, 0.05) is 44.0 Å². The fourth-order valence-electron chi connectivity index (χ4n) is 6.45. The largest absolute Gasteiger partial charge is 0.347 e. The van der Waals surface area contributed by atoms with E-state index in [-0.39, 0.29) is 23.8 Å². The van der Waals surface area contributed by atoms with Gasteiger partial charge in [-0.1, -0.05) is 0 Å². The zero-order valence-corrected chi connectivity index (χ0v) is 16.3. The molecule has 2 amide bonds. The molecule has 7 nitrogen and oxygen atoms in total. The van der Waals surface area contributed by atoms with Gasteiger partial charge in [0.15, 0.2) is 0 Å². The van der Waals surface area contributed by atoms with Crippen molar-refractivity contribution in [2.45, 2.75) is 38.5 Å². The number of anilines is 1. The molecule has 150 valence electrons. The molecule has 1 aromatic rings. The number of aromatic nitrogens is 2. The van der Waals surface area contributed by atoms with Crippen molar-refractivity contribution < 1.29 is 9.59 Å². The lowest BCUT2D eigenvalue weighted by Gasteiger charge is -2.55. The minimum absolute atomic E-state index is 0.0201. The molecule has 4 aliphatic carbocycles. The van der Waals surface area contributed by atoms with Gasteiger partial charge in [0.2, 0.25) is 17.8 Å². The number of nitrogens with zero attached hydrogens (tertiary/aromatic N) is 4. The van der Waals surface area contributed by atoms with Gasteiger partial charge in [-0.2, -0.15) is 0 Å². The summed E-state index contributed by atoms with van der Waals surface area (Å²) in [6, 6.07) is 1.80. The van der Waals surface area contributed by atoms with Crippen LogP contribution in [0.1, 0.15) is 38.5 Å². The molecule has 1 aromatic heterocycles. The van der Waals surface area contributed by atoms with Gasteiger partial charge < -0.3 is 15.1 Å². The van der Waals surface area contributed by atoms with Crippen LogP contribution in [0.2, 0.25) is 0 Å². The number of nitrogens with one attached hydrogen (secondary N) is 1. The lowest BCUT2D eigenvalue weighted by molar-refractivity contribution is -0.148. The normalized spacial score (nSPS) is 33.8. The fourth-order valence-corrected chi connectivity index (χ4v) is 6.45. The highest BCUT2D eigenvalue weighted by atomic mass is 16.2. The van der Waals surface area contributed by atoms with E-state index in [1.165, 1.54) is 19.3 Å². The minimum atomic E-state index is -0.182. The standard InChI is InChI=1S/C21H29N5O2/c27-18(25-4-6-26(7-5-25)20-22-2-1-3-23-20)14-24-19(28)21-11-15-8-16(12-21)10-17(9-15)13-21/h1-3,15-17H,4-14H2,(H,24,28). The van der Waals surface area contributed by atoms with E-state index < -0.39 is 0 Å². The van der Waals surface area contributed by atoms with Gasteiger partial charge in [-0.05, 0) is 62.3 Å². The monoisotopic (exact) mass is 383 g/mol. The molecule has 1 N–H and O–H groups in total. The van der Waals surface area contributed by atoms with Gasteiger partial charge in [-0.15, -0.1) is 0 Å². The SMILES string of the molecule is O=C(CNC(=O)C12CC3CC(CC(C3)C1)C2)N1CCN(c2ncccn2)CC1. The van der Waals surface area contributed by atoms with Gasteiger partial charge >= 0.3 is 0 Å². The van der Waals surface area contributed by atoms with E-state index in [0.29, 0.717) is 19.0 Å². The van der Waals surface area contributed by atoms with Gasteiger partial charge in [0.25, 0.3) is 0 Å². The third-order valence-corrected chi connectivity index (χ3v) is 7.39. The molecule has 0 radical (unpaired) electrons. The Morgan fingerprint density at radius 2 is 1.54 bits per heavy atom. The van der Waals surface area contributed by atoms with Crippen molar-refractivity contribution in [3.8, 4) is 0 Å². The van der Waals surface area contributed by atoms with Crippen LogP contribution < -0.4 is 10.2 Å². The van der Waals surface area contributed by atoms with E-state index in [4.69, 9.17) is 0 Å². The van der Waals surface area contributed by atoms with Crippen molar-refractivity contribution in [2.75, 3.05) is 37.6 Å². The summed E-state index contributed by atoms with van der Waals surface area (Å²) in [4.78, 5) is 38.1. The number of carbonyl (C=O) groups is 2. The van der Waals surface area contributed by atoms with Crippen LogP contribution in [0.5, 0.6) is 0 Å². The molecule has 0 atom stereocenters. The third kappa shape index (κ3) is 3.25. The van der Waals surface area contributed by atoms with Crippen molar-refractivity contribution in [1.29, 1.82) is 0 Å². The average molecular weight is 383 g/mol. The van der Waals surface area contributed by atoms with Crippen LogP contribution in [0.3, 0.4) is 0 Å². The van der Waals surface area contributed by atoms with Crippen LogP contribution in [0.15, 0.2) is 18.5 Å². The molecule has 6 rings (SSSR count). The number of hydrogen-bond donors (Lipinski definition) is 1. The molecule has 5 fully saturated rings. The van der Waals surface area contributed by atoms with Crippen molar-refractivity contribution in [3.05, 3.63) is 18.5 Å². The van der Waals surface area contributed by atoms with Crippen LogP contribution >= 0.6 is 0 Å². The van der Waals surface area contributed by atoms with Crippen LogP contribution in [-0.2, 0) is 9.59 Å². The Hall–Kier alpha value is -2.18. The summed E-state index contributed by atoms with van der Waals surface area (Å²) < 4.78 is 0. The van der Waals surface area contributed by atoms with Gasteiger partial charge in [-0.3, -0.25) is 9.59 Å². The van der Waals surface area contributed by atoms with E-state index in [9.17, 15) is 9.59 Å². The Balaban J connectivity index is 1.13. The average Bonchev–Trinajstić information content (AvgIpc) is 2.71. The molecule has 0 spiro atoms. The zero-order chi connectivity index (χ0) is 19.1. The first-order valence-corrected chi connectivity index (χ1v) is 10.7. The second-order valence-electron chi connectivity index (χ2n) is 9.30. The molecule has 0 unspecified atom stereocenters. The number of hydrogen-bond acceptors (Lipinski definition) is 5. The molecule has 4 saturated carbocycles. The number of piperazine rings is 1. The third-order valence-electron chi connectivity index (χ3n) is 7.39. The second-order valence-corrected chi connectivity index (χ2v) is 9.30. The van der Waals surface area contributed by atoms with E-state index in [0.717, 1.165) is 50.1 Å². The van der Waals surface area contributed by atoms with Gasteiger partial charge in [-0.25, -0.2) is 9.97 Å². The van der Waals surface area contributed by atoms with Crippen LogP contribution in [0.4, 0.5) is 5.95 Å². The molecule has 1 saturated heterocycles. The maximum Gasteiger partial charge on any atom is 0.242 e. The topological polar surface area (TPSA) is 78.4 Å². The molecule has 1 aliphatic heterocycles. The Bertz CT molecular complexity index is 709. The van der Waals surface area contributed by atoms with Crippen molar-refractivity contribution in [1.82, 2.24) is 20.2 Å². The molecule has 4 bridgehead atoms. The van der Waals surface area contributed by atoms with Crippen LogP contribution in [0.25, 0.3) is 0 Å². The quantitative estimate of drug-likeness (QED) is 0.852. The van der Waals surface area contributed by atoms with Crippen molar-refractivity contribution in [3.63, 3.8) is 0 Å². The summed E-state index contributed by atoms with van der Waals surface area (Å²) >= 11 is 0.